The standard InChI is InChI=1S/C12H19FN4/c1-2-14-12-16-8-10(13)11(17-12)15-7-3-4-9-5-6-9/h8-9H,2-7H2,1H3,(H2,14,15,16,17). The molecule has 1 heterocycles. The summed E-state index contributed by atoms with van der Waals surface area (Å²) >= 11 is 0. The van der Waals surface area contributed by atoms with Crippen LogP contribution in [0.15, 0.2) is 6.20 Å². The predicted octanol–water partition coefficient (Wildman–Crippen LogP) is 2.65. The van der Waals surface area contributed by atoms with Crippen LogP contribution in [0.5, 0.6) is 0 Å². The Balaban J connectivity index is 1.81. The first-order valence-electron chi connectivity index (χ1n) is 6.30. The van der Waals surface area contributed by atoms with Crippen LogP contribution >= 0.6 is 0 Å². The van der Waals surface area contributed by atoms with Crippen molar-refractivity contribution in [2.75, 3.05) is 23.7 Å². The molecule has 0 unspecified atom stereocenters. The predicted molar refractivity (Wildman–Crippen MR) is 66.6 cm³/mol. The van der Waals surface area contributed by atoms with Crippen molar-refractivity contribution >= 4 is 11.8 Å². The van der Waals surface area contributed by atoms with Gasteiger partial charge in [-0.2, -0.15) is 4.98 Å². The molecule has 0 aliphatic heterocycles. The molecule has 1 aromatic rings. The van der Waals surface area contributed by atoms with Gasteiger partial charge in [0.2, 0.25) is 5.95 Å². The Hall–Kier alpha value is -1.39. The lowest BCUT2D eigenvalue weighted by atomic mass is 10.2. The molecule has 0 atom stereocenters. The molecule has 0 bridgehead atoms. The second kappa shape index (κ2) is 5.80. The quantitative estimate of drug-likeness (QED) is 0.717. The molecule has 1 aliphatic carbocycles. The maximum atomic E-state index is 13.4. The molecular weight excluding hydrogens is 219 g/mol. The topological polar surface area (TPSA) is 49.8 Å². The average molecular weight is 238 g/mol. The van der Waals surface area contributed by atoms with Crippen molar-refractivity contribution in [3.8, 4) is 0 Å². The van der Waals surface area contributed by atoms with Gasteiger partial charge in [0.15, 0.2) is 11.6 Å². The second-order valence-corrected chi connectivity index (χ2v) is 4.43. The number of nitrogens with one attached hydrogen (secondary N) is 2. The fraction of sp³-hybridized carbons (Fsp3) is 0.667. The highest BCUT2D eigenvalue weighted by molar-refractivity contribution is 5.40. The van der Waals surface area contributed by atoms with Gasteiger partial charge >= 0.3 is 0 Å². The Morgan fingerprint density at radius 3 is 2.94 bits per heavy atom. The zero-order valence-corrected chi connectivity index (χ0v) is 10.2. The maximum absolute atomic E-state index is 13.4. The highest BCUT2D eigenvalue weighted by Gasteiger charge is 2.20. The summed E-state index contributed by atoms with van der Waals surface area (Å²) in [5.74, 6) is 1.30. The summed E-state index contributed by atoms with van der Waals surface area (Å²) in [7, 11) is 0. The Labute approximate surface area is 101 Å². The number of anilines is 2. The summed E-state index contributed by atoms with van der Waals surface area (Å²) in [4.78, 5) is 7.94. The number of hydrogen-bond acceptors (Lipinski definition) is 4. The van der Waals surface area contributed by atoms with Gasteiger partial charge in [-0.25, -0.2) is 9.37 Å². The normalized spacial score (nSPS) is 14.7. The zero-order valence-electron chi connectivity index (χ0n) is 10.2. The van der Waals surface area contributed by atoms with Crippen molar-refractivity contribution in [1.29, 1.82) is 0 Å². The first-order chi connectivity index (χ1) is 8.29. The molecule has 2 N–H and O–H groups in total. The van der Waals surface area contributed by atoms with E-state index in [0.717, 1.165) is 25.4 Å². The lowest BCUT2D eigenvalue weighted by molar-refractivity contribution is 0.614. The summed E-state index contributed by atoms with van der Waals surface area (Å²) in [6.45, 7) is 3.46. The molecule has 1 aliphatic rings. The third-order valence-electron chi connectivity index (χ3n) is 2.86. The minimum absolute atomic E-state index is 0.298. The monoisotopic (exact) mass is 238 g/mol. The van der Waals surface area contributed by atoms with E-state index in [-0.39, 0.29) is 0 Å². The van der Waals surface area contributed by atoms with Gasteiger partial charge in [0.25, 0.3) is 0 Å². The van der Waals surface area contributed by atoms with E-state index in [2.05, 4.69) is 20.6 Å². The lowest BCUT2D eigenvalue weighted by Gasteiger charge is -2.08. The van der Waals surface area contributed by atoms with Gasteiger partial charge in [0.05, 0.1) is 6.20 Å². The molecule has 17 heavy (non-hydrogen) atoms. The number of nitrogens with zero attached hydrogens (tertiary/aromatic N) is 2. The van der Waals surface area contributed by atoms with E-state index in [9.17, 15) is 4.39 Å². The van der Waals surface area contributed by atoms with Gasteiger partial charge in [-0.1, -0.05) is 12.8 Å². The van der Waals surface area contributed by atoms with E-state index >= 15 is 0 Å². The Kier molecular flexibility index (Phi) is 4.12. The molecule has 94 valence electrons. The molecule has 0 amide bonds. The fourth-order valence-corrected chi connectivity index (χ4v) is 1.74. The molecule has 2 rings (SSSR count). The van der Waals surface area contributed by atoms with Crippen LogP contribution in [0.1, 0.15) is 32.6 Å². The number of halogens is 1. The Morgan fingerprint density at radius 2 is 2.24 bits per heavy atom. The van der Waals surface area contributed by atoms with Crippen molar-refractivity contribution in [3.05, 3.63) is 12.0 Å². The molecular formula is C12H19FN4. The third kappa shape index (κ3) is 3.84. The van der Waals surface area contributed by atoms with Gasteiger partial charge in [0, 0.05) is 13.1 Å². The summed E-state index contributed by atoms with van der Waals surface area (Å²) in [6, 6.07) is 0. The van der Waals surface area contributed by atoms with Crippen LogP contribution in [0.4, 0.5) is 16.2 Å². The van der Waals surface area contributed by atoms with E-state index in [1.165, 1.54) is 25.5 Å². The van der Waals surface area contributed by atoms with E-state index in [1.807, 2.05) is 6.92 Å². The Morgan fingerprint density at radius 1 is 1.41 bits per heavy atom. The van der Waals surface area contributed by atoms with E-state index in [0.29, 0.717) is 11.8 Å². The molecule has 0 radical (unpaired) electrons. The van der Waals surface area contributed by atoms with Crippen LogP contribution in [0.25, 0.3) is 0 Å². The number of hydrogen-bond donors (Lipinski definition) is 2. The largest absolute Gasteiger partial charge is 0.367 e. The van der Waals surface area contributed by atoms with Crippen LogP contribution in [-0.2, 0) is 0 Å². The number of rotatable bonds is 7. The minimum atomic E-state index is -0.391. The SMILES string of the molecule is CCNc1ncc(F)c(NCCCC2CC2)n1. The van der Waals surface area contributed by atoms with E-state index in [1.54, 1.807) is 0 Å². The first kappa shape index (κ1) is 12.1. The highest BCUT2D eigenvalue weighted by Crippen LogP contribution is 2.33. The van der Waals surface area contributed by atoms with Gasteiger partial charge in [-0.3, -0.25) is 0 Å². The van der Waals surface area contributed by atoms with Gasteiger partial charge < -0.3 is 10.6 Å². The summed E-state index contributed by atoms with van der Waals surface area (Å²) in [6.07, 6.45) is 6.25. The molecule has 0 aromatic carbocycles. The molecule has 1 saturated carbocycles. The Bertz CT molecular complexity index is 366. The zero-order chi connectivity index (χ0) is 12.1. The second-order valence-electron chi connectivity index (χ2n) is 4.43. The van der Waals surface area contributed by atoms with Crippen molar-refractivity contribution < 1.29 is 4.39 Å². The van der Waals surface area contributed by atoms with Crippen molar-refractivity contribution in [2.45, 2.75) is 32.6 Å². The lowest BCUT2D eigenvalue weighted by Crippen LogP contribution is -2.09. The van der Waals surface area contributed by atoms with Gasteiger partial charge in [-0.05, 0) is 25.7 Å². The summed E-state index contributed by atoms with van der Waals surface area (Å²) < 4.78 is 13.4. The maximum Gasteiger partial charge on any atom is 0.224 e. The van der Waals surface area contributed by atoms with Crippen molar-refractivity contribution in [3.63, 3.8) is 0 Å². The van der Waals surface area contributed by atoms with Crippen molar-refractivity contribution in [1.82, 2.24) is 9.97 Å². The van der Waals surface area contributed by atoms with E-state index < -0.39 is 5.82 Å². The smallest absolute Gasteiger partial charge is 0.224 e. The summed E-state index contributed by atoms with van der Waals surface area (Å²) in [5.41, 5.74) is 0. The first-order valence-corrected chi connectivity index (χ1v) is 6.30. The third-order valence-corrected chi connectivity index (χ3v) is 2.86. The van der Waals surface area contributed by atoms with Crippen molar-refractivity contribution in [2.24, 2.45) is 5.92 Å². The van der Waals surface area contributed by atoms with Crippen LogP contribution in [0.3, 0.4) is 0 Å². The summed E-state index contributed by atoms with van der Waals surface area (Å²) in [5, 5.41) is 5.99. The van der Waals surface area contributed by atoms with Gasteiger partial charge in [-0.15, -0.1) is 0 Å². The number of aromatic nitrogens is 2. The molecule has 1 aromatic heterocycles. The molecule has 0 saturated heterocycles. The van der Waals surface area contributed by atoms with Crippen LogP contribution < -0.4 is 10.6 Å². The van der Waals surface area contributed by atoms with Crippen LogP contribution in [-0.4, -0.2) is 23.1 Å². The van der Waals surface area contributed by atoms with Gasteiger partial charge in [0.1, 0.15) is 0 Å². The molecule has 0 spiro atoms. The van der Waals surface area contributed by atoms with Crippen LogP contribution in [0.2, 0.25) is 0 Å². The minimum Gasteiger partial charge on any atom is -0.367 e. The fourth-order valence-electron chi connectivity index (χ4n) is 1.74. The average Bonchev–Trinajstić information content (AvgIpc) is 3.13. The molecule has 4 nitrogen and oxygen atoms in total. The van der Waals surface area contributed by atoms with Crippen LogP contribution in [0, 0.1) is 11.7 Å². The highest BCUT2D eigenvalue weighted by atomic mass is 19.1. The molecule has 1 fully saturated rings. The molecule has 5 heteroatoms. The van der Waals surface area contributed by atoms with E-state index in [4.69, 9.17) is 0 Å².